The van der Waals surface area contributed by atoms with Gasteiger partial charge in [-0.2, -0.15) is 0 Å². The van der Waals surface area contributed by atoms with Crippen molar-refractivity contribution in [2.45, 2.75) is 77.5 Å². The second kappa shape index (κ2) is 8.52. The highest BCUT2D eigenvalue weighted by Crippen LogP contribution is 2.19. The highest BCUT2D eigenvalue weighted by Gasteiger charge is 2.24. The molecular weight excluding hydrogens is 300 g/mol. The zero-order valence-electron chi connectivity index (χ0n) is 15.5. The van der Waals surface area contributed by atoms with Crippen molar-refractivity contribution in [3.8, 4) is 0 Å². The van der Waals surface area contributed by atoms with E-state index in [1.807, 2.05) is 20.8 Å². The molecular formula is C20H32N2O2. The minimum Gasteiger partial charge on any atom is -0.444 e. The molecule has 0 bridgehead atoms. The van der Waals surface area contributed by atoms with E-state index >= 15 is 0 Å². The van der Waals surface area contributed by atoms with Crippen molar-refractivity contribution in [2.24, 2.45) is 0 Å². The summed E-state index contributed by atoms with van der Waals surface area (Å²) in [7, 11) is 0. The van der Waals surface area contributed by atoms with Crippen LogP contribution in [0, 0.1) is 6.92 Å². The summed E-state index contributed by atoms with van der Waals surface area (Å²) < 4.78 is 5.33. The molecule has 0 spiro atoms. The summed E-state index contributed by atoms with van der Waals surface area (Å²) in [5, 5.41) is 6.65. The molecule has 0 atom stereocenters. The lowest BCUT2D eigenvalue weighted by molar-refractivity contribution is 0.0490. The molecule has 1 fully saturated rings. The first kappa shape index (κ1) is 18.8. The number of benzene rings is 1. The van der Waals surface area contributed by atoms with Gasteiger partial charge in [0, 0.05) is 12.1 Å². The van der Waals surface area contributed by atoms with E-state index in [2.05, 4.69) is 41.8 Å². The maximum atomic E-state index is 11.8. The average molecular weight is 332 g/mol. The van der Waals surface area contributed by atoms with E-state index in [1.165, 1.54) is 11.1 Å². The lowest BCUT2D eigenvalue weighted by Gasteiger charge is -2.30. The maximum Gasteiger partial charge on any atom is 0.407 e. The molecule has 1 amide bonds. The number of aryl methyl sites for hydroxylation is 1. The molecule has 1 aromatic carbocycles. The van der Waals surface area contributed by atoms with Crippen LogP contribution in [0.25, 0.3) is 0 Å². The molecule has 0 aliphatic heterocycles. The molecule has 1 aromatic rings. The van der Waals surface area contributed by atoms with E-state index in [0.29, 0.717) is 6.04 Å². The van der Waals surface area contributed by atoms with E-state index in [1.54, 1.807) is 0 Å². The number of rotatable bonds is 5. The first-order valence-corrected chi connectivity index (χ1v) is 9.10. The Kier molecular flexibility index (Phi) is 6.67. The molecule has 1 aliphatic carbocycles. The number of ether oxygens (including phenoxy) is 1. The summed E-state index contributed by atoms with van der Waals surface area (Å²) in [5.74, 6) is 0. The summed E-state index contributed by atoms with van der Waals surface area (Å²) in [5.41, 5.74) is 2.28. The smallest absolute Gasteiger partial charge is 0.407 e. The molecule has 0 saturated heterocycles. The van der Waals surface area contributed by atoms with Crippen LogP contribution in [0.1, 0.15) is 57.6 Å². The molecule has 4 heteroatoms. The molecule has 4 nitrogen and oxygen atoms in total. The van der Waals surface area contributed by atoms with Gasteiger partial charge in [0.05, 0.1) is 0 Å². The van der Waals surface area contributed by atoms with Crippen molar-refractivity contribution in [3.05, 3.63) is 35.4 Å². The van der Waals surface area contributed by atoms with Crippen molar-refractivity contribution < 1.29 is 9.53 Å². The Labute approximate surface area is 146 Å². The summed E-state index contributed by atoms with van der Waals surface area (Å²) >= 11 is 0. The van der Waals surface area contributed by atoms with Crippen LogP contribution in [-0.4, -0.2) is 30.3 Å². The predicted octanol–water partition coefficient (Wildman–Crippen LogP) is 3.96. The van der Waals surface area contributed by atoms with Gasteiger partial charge in [0.15, 0.2) is 0 Å². The molecule has 0 heterocycles. The molecule has 0 radical (unpaired) electrons. The first-order valence-electron chi connectivity index (χ1n) is 9.10. The fourth-order valence-corrected chi connectivity index (χ4v) is 3.20. The number of nitrogens with one attached hydrogen (secondary N) is 2. The Morgan fingerprint density at radius 1 is 1.17 bits per heavy atom. The predicted molar refractivity (Wildman–Crippen MR) is 98.3 cm³/mol. The van der Waals surface area contributed by atoms with Crippen molar-refractivity contribution in [2.75, 3.05) is 6.54 Å². The Balaban J connectivity index is 1.63. The van der Waals surface area contributed by atoms with Crippen molar-refractivity contribution >= 4 is 6.09 Å². The van der Waals surface area contributed by atoms with E-state index in [9.17, 15) is 4.79 Å². The number of hydrogen-bond acceptors (Lipinski definition) is 3. The fourth-order valence-electron chi connectivity index (χ4n) is 3.20. The molecule has 1 saturated carbocycles. The lowest BCUT2D eigenvalue weighted by Crippen LogP contribution is -2.44. The Morgan fingerprint density at radius 3 is 2.46 bits per heavy atom. The van der Waals surface area contributed by atoms with Gasteiger partial charge >= 0.3 is 6.09 Å². The Hall–Kier alpha value is -1.55. The van der Waals surface area contributed by atoms with Crippen LogP contribution in [0.4, 0.5) is 4.79 Å². The molecule has 2 N–H and O–H groups in total. The van der Waals surface area contributed by atoms with Crippen molar-refractivity contribution in [1.29, 1.82) is 0 Å². The van der Waals surface area contributed by atoms with Gasteiger partial charge in [-0.1, -0.05) is 29.8 Å². The van der Waals surface area contributed by atoms with Gasteiger partial charge in [-0.05, 0) is 71.9 Å². The van der Waals surface area contributed by atoms with E-state index < -0.39 is 5.60 Å². The molecule has 1 aliphatic rings. The zero-order chi connectivity index (χ0) is 17.6. The minimum atomic E-state index is -0.432. The van der Waals surface area contributed by atoms with Crippen LogP contribution < -0.4 is 10.6 Å². The van der Waals surface area contributed by atoms with E-state index in [-0.39, 0.29) is 12.1 Å². The third-order valence-corrected chi connectivity index (χ3v) is 4.38. The first-order chi connectivity index (χ1) is 11.3. The third-order valence-electron chi connectivity index (χ3n) is 4.38. The van der Waals surface area contributed by atoms with Crippen LogP contribution in [0.3, 0.4) is 0 Å². The van der Waals surface area contributed by atoms with E-state index in [0.717, 1.165) is 38.6 Å². The van der Waals surface area contributed by atoms with Crippen LogP contribution in [0.5, 0.6) is 0 Å². The molecule has 0 aromatic heterocycles. The van der Waals surface area contributed by atoms with Gasteiger partial charge in [-0.25, -0.2) is 4.79 Å². The quantitative estimate of drug-likeness (QED) is 0.858. The van der Waals surface area contributed by atoms with Crippen LogP contribution in [0.15, 0.2) is 24.3 Å². The number of hydrogen-bond donors (Lipinski definition) is 2. The summed E-state index contributed by atoms with van der Waals surface area (Å²) in [6.07, 6.45) is 5.02. The Morgan fingerprint density at radius 2 is 1.83 bits per heavy atom. The topological polar surface area (TPSA) is 50.4 Å². The summed E-state index contributed by atoms with van der Waals surface area (Å²) in [6, 6.07) is 9.51. The minimum absolute atomic E-state index is 0.245. The Bertz CT molecular complexity index is 529. The van der Waals surface area contributed by atoms with Gasteiger partial charge in [0.2, 0.25) is 0 Å². The van der Waals surface area contributed by atoms with Crippen LogP contribution in [0.2, 0.25) is 0 Å². The molecule has 2 rings (SSSR count). The second-order valence-corrected chi connectivity index (χ2v) is 7.89. The van der Waals surface area contributed by atoms with Crippen LogP contribution in [-0.2, 0) is 11.2 Å². The monoisotopic (exact) mass is 332 g/mol. The maximum absolute atomic E-state index is 11.8. The fraction of sp³-hybridized carbons (Fsp3) is 0.650. The highest BCUT2D eigenvalue weighted by molar-refractivity contribution is 5.68. The third kappa shape index (κ3) is 6.91. The van der Waals surface area contributed by atoms with Crippen LogP contribution >= 0.6 is 0 Å². The average Bonchev–Trinajstić information content (AvgIpc) is 2.47. The summed E-state index contributed by atoms with van der Waals surface area (Å²) in [6.45, 7) is 8.82. The van der Waals surface area contributed by atoms with Gasteiger partial charge < -0.3 is 15.4 Å². The van der Waals surface area contributed by atoms with Crippen molar-refractivity contribution in [3.63, 3.8) is 0 Å². The summed E-state index contributed by atoms with van der Waals surface area (Å²) in [4.78, 5) is 11.8. The number of carbonyl (C=O) groups excluding carboxylic acids is 1. The lowest BCUT2D eigenvalue weighted by atomic mass is 9.91. The molecule has 134 valence electrons. The standard InChI is InChI=1S/C20H32N2O2/c1-15-6-5-7-16(14-15)12-13-21-17-8-10-18(11-9-17)22-19(23)24-20(2,3)4/h5-7,14,17-18,21H,8-13H2,1-4H3,(H,22,23). The number of amides is 1. The van der Waals surface area contributed by atoms with E-state index in [4.69, 9.17) is 4.74 Å². The van der Waals surface area contributed by atoms with Gasteiger partial charge in [0.25, 0.3) is 0 Å². The normalized spacial score (nSPS) is 21.3. The number of carbonyl (C=O) groups is 1. The van der Waals surface area contributed by atoms with Gasteiger partial charge in [0.1, 0.15) is 5.60 Å². The largest absolute Gasteiger partial charge is 0.444 e. The van der Waals surface area contributed by atoms with Crippen molar-refractivity contribution in [1.82, 2.24) is 10.6 Å². The zero-order valence-corrected chi connectivity index (χ0v) is 15.5. The highest BCUT2D eigenvalue weighted by atomic mass is 16.6. The van der Waals surface area contributed by atoms with Gasteiger partial charge in [-0.15, -0.1) is 0 Å². The SMILES string of the molecule is Cc1cccc(CCNC2CCC(NC(=O)OC(C)(C)C)CC2)c1. The second-order valence-electron chi connectivity index (χ2n) is 7.89. The molecule has 0 unspecified atom stereocenters. The van der Waals surface area contributed by atoms with Gasteiger partial charge in [-0.3, -0.25) is 0 Å². The molecule has 24 heavy (non-hydrogen) atoms. The number of alkyl carbamates (subject to hydrolysis) is 1.